The Balaban J connectivity index is 1.43. The number of hydrogen-bond acceptors (Lipinski definition) is 2. The molecule has 2 saturated heterocycles. The molecule has 1 N–H and O–H groups in total. The lowest BCUT2D eigenvalue weighted by molar-refractivity contribution is 0.150. The van der Waals surface area contributed by atoms with Crippen LogP contribution < -0.4 is 10.2 Å². The second kappa shape index (κ2) is 5.02. The summed E-state index contributed by atoms with van der Waals surface area (Å²) < 4.78 is 0. The van der Waals surface area contributed by atoms with Gasteiger partial charge in [0.2, 0.25) is 0 Å². The highest BCUT2D eigenvalue weighted by Crippen LogP contribution is 2.34. The van der Waals surface area contributed by atoms with Crippen LogP contribution in [0.15, 0.2) is 24.3 Å². The molecule has 4 nitrogen and oxygen atoms in total. The zero-order chi connectivity index (χ0) is 14.4. The molecular formula is C17H23N3O. The third kappa shape index (κ3) is 2.22. The second-order valence-electron chi connectivity index (χ2n) is 6.70. The number of benzene rings is 1. The molecule has 2 bridgehead atoms. The van der Waals surface area contributed by atoms with Crippen LogP contribution in [0.1, 0.15) is 31.2 Å². The number of hydrogen-bond donors (Lipinski definition) is 1. The molecule has 3 aliphatic rings. The maximum absolute atomic E-state index is 12.6. The van der Waals surface area contributed by atoms with E-state index in [0.29, 0.717) is 18.1 Å². The summed E-state index contributed by atoms with van der Waals surface area (Å²) in [7, 11) is 2.23. The third-order valence-corrected chi connectivity index (χ3v) is 5.56. The van der Waals surface area contributed by atoms with Gasteiger partial charge in [0.05, 0.1) is 0 Å². The van der Waals surface area contributed by atoms with Gasteiger partial charge in [0.15, 0.2) is 0 Å². The SMILES string of the molecule is CN1[C@@H]2CC[C@H]1CC(NC(=O)N1CCc3ccccc31)C2. The van der Waals surface area contributed by atoms with Crippen LogP contribution in [0.4, 0.5) is 10.5 Å². The van der Waals surface area contributed by atoms with E-state index in [2.05, 4.69) is 35.5 Å². The number of para-hydroxylation sites is 1. The molecule has 3 aliphatic heterocycles. The van der Waals surface area contributed by atoms with Gasteiger partial charge in [-0.1, -0.05) is 18.2 Å². The van der Waals surface area contributed by atoms with Crippen molar-refractivity contribution < 1.29 is 4.79 Å². The van der Waals surface area contributed by atoms with E-state index >= 15 is 0 Å². The third-order valence-electron chi connectivity index (χ3n) is 5.56. The Bertz CT molecular complexity index is 545. The lowest BCUT2D eigenvalue weighted by Crippen LogP contribution is -2.51. The Kier molecular flexibility index (Phi) is 3.14. The number of carbonyl (C=O) groups is 1. The zero-order valence-corrected chi connectivity index (χ0v) is 12.6. The molecule has 2 fully saturated rings. The average molecular weight is 285 g/mol. The molecule has 21 heavy (non-hydrogen) atoms. The Morgan fingerprint density at radius 2 is 1.90 bits per heavy atom. The van der Waals surface area contributed by atoms with Crippen LogP contribution in [0.25, 0.3) is 0 Å². The molecule has 2 amide bonds. The lowest BCUT2D eigenvalue weighted by Gasteiger charge is -2.37. The van der Waals surface area contributed by atoms with Gasteiger partial charge in [-0.25, -0.2) is 4.79 Å². The van der Waals surface area contributed by atoms with Crippen molar-refractivity contribution in [2.75, 3.05) is 18.5 Å². The summed E-state index contributed by atoms with van der Waals surface area (Å²) in [6.07, 6.45) is 5.77. The smallest absolute Gasteiger partial charge is 0.322 e. The topological polar surface area (TPSA) is 35.6 Å². The van der Waals surface area contributed by atoms with Gasteiger partial charge in [0, 0.05) is 30.4 Å². The van der Waals surface area contributed by atoms with Crippen LogP contribution in [-0.4, -0.2) is 42.6 Å². The molecule has 0 saturated carbocycles. The molecule has 3 heterocycles. The van der Waals surface area contributed by atoms with E-state index in [4.69, 9.17) is 0 Å². The molecule has 112 valence electrons. The molecule has 3 atom stereocenters. The Labute approximate surface area is 126 Å². The van der Waals surface area contributed by atoms with E-state index in [1.807, 2.05) is 11.0 Å². The van der Waals surface area contributed by atoms with Crippen LogP contribution in [0.5, 0.6) is 0 Å². The first-order valence-corrected chi connectivity index (χ1v) is 8.10. The largest absolute Gasteiger partial charge is 0.335 e. The molecule has 0 spiro atoms. The predicted octanol–water partition coefficient (Wildman–Crippen LogP) is 2.38. The fourth-order valence-corrected chi connectivity index (χ4v) is 4.33. The molecule has 0 radical (unpaired) electrons. The van der Waals surface area contributed by atoms with E-state index in [0.717, 1.165) is 31.5 Å². The van der Waals surface area contributed by atoms with Crippen LogP contribution in [0, 0.1) is 0 Å². The summed E-state index contributed by atoms with van der Waals surface area (Å²) in [4.78, 5) is 17.0. The van der Waals surface area contributed by atoms with Gasteiger partial charge in [0.1, 0.15) is 0 Å². The number of anilines is 1. The highest BCUT2D eigenvalue weighted by atomic mass is 16.2. The number of fused-ring (bicyclic) bond motifs is 3. The minimum atomic E-state index is 0.0916. The van der Waals surface area contributed by atoms with E-state index < -0.39 is 0 Å². The maximum Gasteiger partial charge on any atom is 0.322 e. The Morgan fingerprint density at radius 1 is 1.19 bits per heavy atom. The number of amides is 2. The van der Waals surface area contributed by atoms with Crippen molar-refractivity contribution in [1.82, 2.24) is 10.2 Å². The molecule has 1 unspecified atom stereocenters. The number of nitrogens with zero attached hydrogens (tertiary/aromatic N) is 2. The molecule has 4 heteroatoms. The summed E-state index contributed by atoms with van der Waals surface area (Å²) in [5, 5.41) is 3.28. The molecule has 0 aliphatic carbocycles. The molecule has 4 rings (SSSR count). The predicted molar refractivity (Wildman–Crippen MR) is 83.6 cm³/mol. The van der Waals surface area contributed by atoms with Crippen molar-refractivity contribution in [3.63, 3.8) is 0 Å². The highest BCUT2D eigenvalue weighted by molar-refractivity contribution is 5.94. The number of urea groups is 1. The van der Waals surface area contributed by atoms with Crippen LogP contribution in [0.3, 0.4) is 0 Å². The first-order chi connectivity index (χ1) is 10.2. The number of carbonyl (C=O) groups excluding carboxylic acids is 1. The van der Waals surface area contributed by atoms with Crippen LogP contribution >= 0.6 is 0 Å². The normalized spacial score (nSPS) is 31.3. The fraction of sp³-hybridized carbons (Fsp3) is 0.588. The van der Waals surface area contributed by atoms with Gasteiger partial charge in [-0.3, -0.25) is 4.90 Å². The monoisotopic (exact) mass is 285 g/mol. The minimum absolute atomic E-state index is 0.0916. The first kappa shape index (κ1) is 13.1. The average Bonchev–Trinajstić information content (AvgIpc) is 2.98. The van der Waals surface area contributed by atoms with Crippen molar-refractivity contribution >= 4 is 11.7 Å². The van der Waals surface area contributed by atoms with Gasteiger partial charge in [-0.15, -0.1) is 0 Å². The molecule has 0 aromatic heterocycles. The lowest BCUT2D eigenvalue weighted by atomic mass is 9.98. The van der Waals surface area contributed by atoms with E-state index in [9.17, 15) is 4.79 Å². The van der Waals surface area contributed by atoms with Crippen molar-refractivity contribution in [2.24, 2.45) is 0 Å². The van der Waals surface area contributed by atoms with Crippen molar-refractivity contribution in [1.29, 1.82) is 0 Å². The highest BCUT2D eigenvalue weighted by Gasteiger charge is 2.39. The molecular weight excluding hydrogens is 262 g/mol. The Hall–Kier alpha value is -1.55. The van der Waals surface area contributed by atoms with E-state index in [1.165, 1.54) is 18.4 Å². The first-order valence-electron chi connectivity index (χ1n) is 8.10. The Morgan fingerprint density at radius 3 is 2.67 bits per heavy atom. The summed E-state index contributed by atoms with van der Waals surface area (Å²) in [6.45, 7) is 0.810. The van der Waals surface area contributed by atoms with Crippen LogP contribution in [0.2, 0.25) is 0 Å². The van der Waals surface area contributed by atoms with Gasteiger partial charge in [0.25, 0.3) is 0 Å². The molecule has 1 aromatic rings. The van der Waals surface area contributed by atoms with E-state index in [-0.39, 0.29) is 6.03 Å². The summed E-state index contributed by atoms with van der Waals surface area (Å²) in [6, 6.07) is 10.0. The zero-order valence-electron chi connectivity index (χ0n) is 12.6. The van der Waals surface area contributed by atoms with Gasteiger partial charge in [-0.05, 0) is 50.8 Å². The minimum Gasteiger partial charge on any atom is -0.335 e. The van der Waals surface area contributed by atoms with Crippen LogP contribution in [-0.2, 0) is 6.42 Å². The van der Waals surface area contributed by atoms with Gasteiger partial charge < -0.3 is 10.2 Å². The van der Waals surface area contributed by atoms with Crippen molar-refractivity contribution in [3.05, 3.63) is 29.8 Å². The molecule has 1 aromatic carbocycles. The summed E-state index contributed by atoms with van der Waals surface area (Å²) in [5.74, 6) is 0. The fourth-order valence-electron chi connectivity index (χ4n) is 4.33. The summed E-state index contributed by atoms with van der Waals surface area (Å²) in [5.41, 5.74) is 2.38. The van der Waals surface area contributed by atoms with Crippen molar-refractivity contribution in [3.8, 4) is 0 Å². The summed E-state index contributed by atoms with van der Waals surface area (Å²) >= 11 is 0. The quantitative estimate of drug-likeness (QED) is 0.860. The van der Waals surface area contributed by atoms with Crippen molar-refractivity contribution in [2.45, 2.75) is 50.2 Å². The van der Waals surface area contributed by atoms with E-state index in [1.54, 1.807) is 0 Å². The standard InChI is InChI=1S/C17H23N3O/c1-19-14-6-7-15(19)11-13(10-14)18-17(21)20-9-8-12-4-2-3-5-16(12)20/h2-5,13-15H,6-11H2,1H3,(H,18,21)/t13?,14-,15+. The van der Waals surface area contributed by atoms with Gasteiger partial charge in [-0.2, -0.15) is 0 Å². The number of piperidine rings is 1. The maximum atomic E-state index is 12.6. The number of rotatable bonds is 1. The van der Waals surface area contributed by atoms with Gasteiger partial charge >= 0.3 is 6.03 Å². The second-order valence-corrected chi connectivity index (χ2v) is 6.70. The number of nitrogens with one attached hydrogen (secondary N) is 1.